The smallest absolute Gasteiger partial charge is 0.231 e. The number of amidine groups is 1. The highest BCUT2D eigenvalue weighted by Crippen LogP contribution is 2.17. The molecule has 1 amide bonds. The average molecular weight is 256 g/mol. The first kappa shape index (κ1) is 13.4. The van der Waals surface area contributed by atoms with Crippen LogP contribution in [-0.4, -0.2) is 21.9 Å². The first-order chi connectivity index (χ1) is 7.95. The van der Waals surface area contributed by atoms with Gasteiger partial charge in [0.2, 0.25) is 5.91 Å². The number of aryl methyl sites for hydroxylation is 1. The third-order valence-electron chi connectivity index (χ3n) is 2.32. The Labute approximate surface area is 104 Å². The summed E-state index contributed by atoms with van der Waals surface area (Å²) in [5.74, 6) is -1.06. The summed E-state index contributed by atoms with van der Waals surface area (Å²) in [6, 6.07) is -0.185. The fraction of sp³-hybridized carbons (Fsp3) is 0.500. The molecule has 4 N–H and O–H groups in total. The van der Waals surface area contributed by atoms with Gasteiger partial charge in [-0.25, -0.2) is 4.98 Å². The van der Waals surface area contributed by atoms with Gasteiger partial charge in [0.1, 0.15) is 5.01 Å². The van der Waals surface area contributed by atoms with Gasteiger partial charge in [-0.2, -0.15) is 0 Å². The van der Waals surface area contributed by atoms with Gasteiger partial charge in [-0.1, -0.05) is 5.16 Å². The summed E-state index contributed by atoms with van der Waals surface area (Å²) in [6.45, 7) is 5.31. The first-order valence-corrected chi connectivity index (χ1v) is 6.03. The summed E-state index contributed by atoms with van der Waals surface area (Å²) in [5.41, 5.74) is 6.29. The van der Waals surface area contributed by atoms with Crippen LogP contribution in [0.1, 0.15) is 30.6 Å². The first-order valence-electron chi connectivity index (χ1n) is 5.15. The van der Waals surface area contributed by atoms with Crippen LogP contribution in [0.25, 0.3) is 0 Å². The summed E-state index contributed by atoms with van der Waals surface area (Å²) < 4.78 is 0. The van der Waals surface area contributed by atoms with Crippen molar-refractivity contribution in [2.75, 3.05) is 0 Å². The molecule has 1 heterocycles. The largest absolute Gasteiger partial charge is 0.409 e. The molecule has 7 heteroatoms. The number of carbonyl (C=O) groups excluding carboxylic acids is 1. The van der Waals surface area contributed by atoms with E-state index < -0.39 is 5.92 Å². The van der Waals surface area contributed by atoms with E-state index >= 15 is 0 Å². The van der Waals surface area contributed by atoms with Crippen LogP contribution in [0.3, 0.4) is 0 Å². The molecule has 1 aromatic heterocycles. The number of hydrogen-bond donors (Lipinski definition) is 3. The topological polar surface area (TPSA) is 101 Å². The SMILES string of the molecule is Cc1csc(C(C)NC(=O)C(C)C(N)=NO)n1. The van der Waals surface area contributed by atoms with Gasteiger partial charge in [-0.15, -0.1) is 11.3 Å². The van der Waals surface area contributed by atoms with Crippen LogP contribution in [0, 0.1) is 12.8 Å². The van der Waals surface area contributed by atoms with Gasteiger partial charge in [0.15, 0.2) is 5.84 Å². The van der Waals surface area contributed by atoms with E-state index in [9.17, 15) is 4.79 Å². The van der Waals surface area contributed by atoms with Crippen molar-refractivity contribution in [2.45, 2.75) is 26.8 Å². The van der Waals surface area contributed by atoms with Crippen LogP contribution in [0.5, 0.6) is 0 Å². The van der Waals surface area contributed by atoms with Gasteiger partial charge in [0, 0.05) is 11.1 Å². The van der Waals surface area contributed by atoms with Crippen molar-refractivity contribution in [1.82, 2.24) is 10.3 Å². The van der Waals surface area contributed by atoms with Crippen LogP contribution < -0.4 is 11.1 Å². The van der Waals surface area contributed by atoms with E-state index in [1.165, 1.54) is 11.3 Å². The minimum Gasteiger partial charge on any atom is -0.409 e. The van der Waals surface area contributed by atoms with Crippen molar-refractivity contribution in [3.8, 4) is 0 Å². The van der Waals surface area contributed by atoms with E-state index in [-0.39, 0.29) is 17.8 Å². The van der Waals surface area contributed by atoms with Gasteiger partial charge in [-0.3, -0.25) is 4.79 Å². The zero-order chi connectivity index (χ0) is 13.0. The molecule has 1 rings (SSSR count). The second-order valence-electron chi connectivity index (χ2n) is 3.80. The van der Waals surface area contributed by atoms with Gasteiger partial charge in [0.05, 0.1) is 12.0 Å². The van der Waals surface area contributed by atoms with Crippen LogP contribution in [0.4, 0.5) is 0 Å². The van der Waals surface area contributed by atoms with Crippen molar-refractivity contribution in [1.29, 1.82) is 0 Å². The molecule has 0 spiro atoms. The van der Waals surface area contributed by atoms with Crippen molar-refractivity contribution in [2.24, 2.45) is 16.8 Å². The standard InChI is InChI=1S/C10H16N4O2S/c1-5-4-17-10(12-5)7(3)13-9(15)6(2)8(11)14-16/h4,6-7,16H,1-3H3,(H2,11,14)(H,13,15). The fourth-order valence-corrected chi connectivity index (χ4v) is 2.00. The number of thiazole rings is 1. The maximum absolute atomic E-state index is 11.7. The number of hydrogen-bond acceptors (Lipinski definition) is 5. The predicted molar refractivity (Wildman–Crippen MR) is 66.0 cm³/mol. The normalized spacial score (nSPS) is 15.4. The molecule has 2 atom stereocenters. The Morgan fingerprint density at radius 3 is 2.76 bits per heavy atom. The van der Waals surface area contributed by atoms with Crippen LogP contribution in [0.2, 0.25) is 0 Å². The Balaban J connectivity index is 2.63. The van der Waals surface area contributed by atoms with Gasteiger partial charge < -0.3 is 16.3 Å². The molecule has 0 aliphatic carbocycles. The number of amides is 1. The lowest BCUT2D eigenvalue weighted by Crippen LogP contribution is -2.38. The maximum Gasteiger partial charge on any atom is 0.231 e. The molecular formula is C10H16N4O2S. The number of oxime groups is 1. The predicted octanol–water partition coefficient (Wildman–Crippen LogP) is 1.01. The highest BCUT2D eigenvalue weighted by atomic mass is 32.1. The summed E-state index contributed by atoms with van der Waals surface area (Å²) in [7, 11) is 0. The Morgan fingerprint density at radius 1 is 1.65 bits per heavy atom. The highest BCUT2D eigenvalue weighted by molar-refractivity contribution is 7.09. The van der Waals surface area contributed by atoms with Crippen molar-refractivity contribution >= 4 is 23.1 Å². The molecule has 0 aliphatic rings. The molecule has 0 radical (unpaired) electrons. The molecule has 6 nitrogen and oxygen atoms in total. The lowest BCUT2D eigenvalue weighted by atomic mass is 10.1. The van der Waals surface area contributed by atoms with Crippen molar-refractivity contribution < 1.29 is 10.0 Å². The molecular weight excluding hydrogens is 240 g/mol. The van der Waals surface area contributed by atoms with Crippen molar-refractivity contribution in [3.63, 3.8) is 0 Å². The summed E-state index contributed by atoms with van der Waals surface area (Å²) in [5, 5.41) is 16.8. The van der Waals surface area contributed by atoms with E-state index in [1.54, 1.807) is 6.92 Å². The lowest BCUT2D eigenvalue weighted by Gasteiger charge is -2.14. The third-order valence-corrected chi connectivity index (χ3v) is 3.46. The Kier molecular flexibility index (Phi) is 4.45. The molecule has 0 saturated carbocycles. The zero-order valence-electron chi connectivity index (χ0n) is 9.97. The maximum atomic E-state index is 11.7. The molecule has 94 valence electrons. The Morgan fingerprint density at radius 2 is 2.29 bits per heavy atom. The molecule has 2 unspecified atom stereocenters. The van der Waals surface area contributed by atoms with E-state index in [1.807, 2.05) is 19.2 Å². The van der Waals surface area contributed by atoms with Crippen molar-refractivity contribution in [3.05, 3.63) is 16.1 Å². The lowest BCUT2D eigenvalue weighted by molar-refractivity contribution is -0.123. The molecule has 0 bridgehead atoms. The Hall–Kier alpha value is -1.63. The van der Waals surface area contributed by atoms with Crippen LogP contribution in [-0.2, 0) is 4.79 Å². The second kappa shape index (κ2) is 5.62. The van der Waals surface area contributed by atoms with Gasteiger partial charge >= 0.3 is 0 Å². The number of rotatable bonds is 4. The summed E-state index contributed by atoms with van der Waals surface area (Å²) >= 11 is 1.49. The summed E-state index contributed by atoms with van der Waals surface area (Å²) in [4.78, 5) is 16.0. The molecule has 0 saturated heterocycles. The summed E-state index contributed by atoms with van der Waals surface area (Å²) in [6.07, 6.45) is 0. The quantitative estimate of drug-likeness (QED) is 0.324. The number of nitrogens with two attached hydrogens (primary N) is 1. The molecule has 17 heavy (non-hydrogen) atoms. The van der Waals surface area contributed by atoms with Gasteiger partial charge in [-0.05, 0) is 20.8 Å². The van der Waals surface area contributed by atoms with E-state index in [2.05, 4.69) is 15.5 Å². The third kappa shape index (κ3) is 3.42. The van der Waals surface area contributed by atoms with E-state index in [0.29, 0.717) is 0 Å². The van der Waals surface area contributed by atoms with Crippen LogP contribution in [0.15, 0.2) is 10.5 Å². The number of nitrogens with one attached hydrogen (secondary N) is 1. The Bertz CT molecular complexity index is 430. The van der Waals surface area contributed by atoms with E-state index in [4.69, 9.17) is 10.9 Å². The highest BCUT2D eigenvalue weighted by Gasteiger charge is 2.20. The number of carbonyl (C=O) groups is 1. The average Bonchev–Trinajstić information content (AvgIpc) is 2.73. The minimum atomic E-state index is -0.663. The zero-order valence-corrected chi connectivity index (χ0v) is 10.8. The fourth-order valence-electron chi connectivity index (χ4n) is 1.19. The molecule has 1 aromatic rings. The molecule has 0 aromatic carbocycles. The minimum absolute atomic E-state index is 0.106. The monoisotopic (exact) mass is 256 g/mol. The van der Waals surface area contributed by atoms with Gasteiger partial charge in [0.25, 0.3) is 0 Å². The van der Waals surface area contributed by atoms with Crippen LogP contribution >= 0.6 is 11.3 Å². The number of nitrogens with zero attached hydrogens (tertiary/aromatic N) is 2. The molecule has 0 fully saturated rings. The molecule has 0 aliphatic heterocycles. The second-order valence-corrected chi connectivity index (χ2v) is 4.69. The number of aromatic nitrogens is 1. The van der Waals surface area contributed by atoms with E-state index in [0.717, 1.165) is 10.7 Å².